The highest BCUT2D eigenvalue weighted by atomic mass is 19.3. The van der Waals surface area contributed by atoms with Crippen LogP contribution >= 0.6 is 0 Å². The number of aromatic nitrogens is 3. The third-order valence-corrected chi connectivity index (χ3v) is 8.02. The van der Waals surface area contributed by atoms with E-state index in [2.05, 4.69) is 26.8 Å². The predicted molar refractivity (Wildman–Crippen MR) is 147 cm³/mol. The lowest BCUT2D eigenvalue weighted by Crippen LogP contribution is -2.42. The molecule has 1 saturated heterocycles. The normalized spacial score (nSPS) is 21.9. The average molecular weight is 570 g/mol. The van der Waals surface area contributed by atoms with E-state index in [1.807, 2.05) is 17.0 Å². The van der Waals surface area contributed by atoms with E-state index in [4.69, 9.17) is 0 Å². The van der Waals surface area contributed by atoms with Crippen molar-refractivity contribution in [3.05, 3.63) is 47.8 Å². The predicted octanol–water partition coefficient (Wildman–Crippen LogP) is 4.17. The molecule has 1 aliphatic heterocycles. The van der Waals surface area contributed by atoms with Gasteiger partial charge in [-0.15, -0.1) is 0 Å². The van der Waals surface area contributed by atoms with Crippen LogP contribution in [0.1, 0.15) is 61.9 Å². The lowest BCUT2D eigenvalue weighted by molar-refractivity contribution is -0.00179. The molecule has 1 unspecified atom stereocenters. The van der Waals surface area contributed by atoms with E-state index >= 15 is 0 Å². The molecule has 3 aromatic rings. The van der Waals surface area contributed by atoms with Crippen molar-refractivity contribution in [3.8, 4) is 17.5 Å². The zero-order valence-corrected chi connectivity index (χ0v) is 23.1. The van der Waals surface area contributed by atoms with E-state index < -0.39 is 23.6 Å². The van der Waals surface area contributed by atoms with Gasteiger partial charge in [-0.3, -0.25) is 14.7 Å². The molecule has 1 aliphatic carbocycles. The molecule has 3 aromatic heterocycles. The standard InChI is InChI=1S/C29H34F3N7O2/c1-28(2,41)26(30)16-35-27(40)22-15-34-24(25-8-7-21-11-18(13-33)14-36-39(21)25)12-23(22)37-19-3-5-20(6-4-19)38-10-9-29(31,32)17-38/h7-8,11-12,14-15,19-20,26,41H,3-6,9-10,16-17H2,1-2H3,(H,34,37)(H,35,40). The van der Waals surface area contributed by atoms with Gasteiger partial charge in [-0.2, -0.15) is 10.4 Å². The molecular formula is C29H34F3N7O2. The van der Waals surface area contributed by atoms with Crippen molar-refractivity contribution in [3.63, 3.8) is 0 Å². The molecule has 0 aromatic carbocycles. The second-order valence-electron chi connectivity index (χ2n) is 11.6. The lowest BCUT2D eigenvalue weighted by Gasteiger charge is -2.35. The Morgan fingerprint density at radius 2 is 2.00 bits per heavy atom. The van der Waals surface area contributed by atoms with E-state index in [0.717, 1.165) is 25.7 Å². The molecule has 1 atom stereocenters. The molecular weight excluding hydrogens is 535 g/mol. The van der Waals surface area contributed by atoms with E-state index in [-0.39, 0.29) is 37.2 Å². The SMILES string of the molecule is CC(C)(O)C(F)CNC(=O)c1cnc(-c2ccc3cc(C#N)cnn23)cc1NC1CCC(N2CCC(F)(F)C2)CC1. The van der Waals surface area contributed by atoms with Crippen LogP contribution in [0.5, 0.6) is 0 Å². The number of nitrogens with zero attached hydrogens (tertiary/aromatic N) is 5. The van der Waals surface area contributed by atoms with Gasteiger partial charge in [0.2, 0.25) is 0 Å². The number of anilines is 1. The second-order valence-corrected chi connectivity index (χ2v) is 11.6. The molecule has 2 fully saturated rings. The van der Waals surface area contributed by atoms with Crippen LogP contribution in [-0.4, -0.2) is 79.9 Å². The Bertz CT molecular complexity index is 1450. The highest BCUT2D eigenvalue weighted by Gasteiger charge is 2.41. The number of fused-ring (bicyclic) bond motifs is 1. The molecule has 0 spiro atoms. The molecule has 4 heterocycles. The van der Waals surface area contributed by atoms with Crippen molar-refractivity contribution in [2.45, 2.75) is 75.7 Å². The molecule has 1 saturated carbocycles. The summed E-state index contributed by atoms with van der Waals surface area (Å²) in [4.78, 5) is 19.5. The first-order valence-electron chi connectivity index (χ1n) is 13.8. The summed E-state index contributed by atoms with van der Waals surface area (Å²) in [6.45, 7) is 2.51. The third-order valence-electron chi connectivity index (χ3n) is 8.02. The summed E-state index contributed by atoms with van der Waals surface area (Å²) in [5, 5.41) is 29.5. The van der Waals surface area contributed by atoms with Crippen LogP contribution in [0.25, 0.3) is 16.9 Å². The number of nitrogens with one attached hydrogen (secondary N) is 2. The maximum absolute atomic E-state index is 14.3. The Morgan fingerprint density at radius 1 is 1.24 bits per heavy atom. The quantitative estimate of drug-likeness (QED) is 0.373. The molecule has 9 nitrogen and oxygen atoms in total. The van der Waals surface area contributed by atoms with E-state index in [1.165, 1.54) is 26.2 Å². The number of carbonyl (C=O) groups is 1. The van der Waals surface area contributed by atoms with Crippen LogP contribution in [0.3, 0.4) is 0 Å². The minimum absolute atomic E-state index is 0.00170. The third kappa shape index (κ3) is 6.47. The highest BCUT2D eigenvalue weighted by Crippen LogP contribution is 2.34. The van der Waals surface area contributed by atoms with Crippen molar-refractivity contribution in [2.75, 3.05) is 25.0 Å². The Hall–Kier alpha value is -3.69. The number of aliphatic hydroxyl groups is 1. The van der Waals surface area contributed by atoms with E-state index in [9.17, 15) is 28.3 Å². The number of amides is 1. The Kier molecular flexibility index (Phi) is 7.94. The van der Waals surface area contributed by atoms with Gasteiger partial charge in [-0.25, -0.2) is 17.7 Å². The lowest BCUT2D eigenvalue weighted by atomic mass is 9.90. The summed E-state index contributed by atoms with van der Waals surface area (Å²) < 4.78 is 43.5. The monoisotopic (exact) mass is 569 g/mol. The number of rotatable bonds is 8. The fraction of sp³-hybridized carbons (Fsp3) is 0.517. The topological polar surface area (TPSA) is 119 Å². The average Bonchev–Trinajstić information content (AvgIpc) is 3.53. The highest BCUT2D eigenvalue weighted by molar-refractivity contribution is 6.00. The largest absolute Gasteiger partial charge is 0.387 e. The minimum atomic E-state index is -2.62. The molecule has 41 heavy (non-hydrogen) atoms. The van der Waals surface area contributed by atoms with Crippen LogP contribution < -0.4 is 10.6 Å². The fourth-order valence-corrected chi connectivity index (χ4v) is 5.56. The summed E-state index contributed by atoms with van der Waals surface area (Å²) in [5.41, 5.74) is 1.45. The van der Waals surface area contributed by atoms with Crippen molar-refractivity contribution < 1.29 is 23.1 Å². The van der Waals surface area contributed by atoms with Crippen LogP contribution in [0, 0.1) is 11.3 Å². The summed E-state index contributed by atoms with van der Waals surface area (Å²) >= 11 is 0. The van der Waals surface area contributed by atoms with Gasteiger partial charge in [0, 0.05) is 31.2 Å². The van der Waals surface area contributed by atoms with Crippen LogP contribution in [0.4, 0.5) is 18.9 Å². The summed E-state index contributed by atoms with van der Waals surface area (Å²) in [6.07, 6.45) is 4.12. The number of alkyl halides is 3. The number of likely N-dealkylation sites (tertiary alicyclic amines) is 1. The van der Waals surface area contributed by atoms with Gasteiger partial charge < -0.3 is 15.7 Å². The second kappa shape index (κ2) is 11.3. The minimum Gasteiger partial charge on any atom is -0.387 e. The van der Waals surface area contributed by atoms with Crippen LogP contribution in [-0.2, 0) is 0 Å². The maximum atomic E-state index is 14.3. The number of pyridine rings is 1. The Balaban J connectivity index is 1.37. The van der Waals surface area contributed by atoms with E-state index in [1.54, 1.807) is 16.6 Å². The number of hydrogen-bond donors (Lipinski definition) is 3. The number of hydrogen-bond acceptors (Lipinski definition) is 7. The first-order valence-corrected chi connectivity index (χ1v) is 13.8. The van der Waals surface area contributed by atoms with Gasteiger partial charge in [0.1, 0.15) is 12.2 Å². The van der Waals surface area contributed by atoms with Gasteiger partial charge in [0.25, 0.3) is 11.8 Å². The van der Waals surface area contributed by atoms with Gasteiger partial charge in [0.15, 0.2) is 0 Å². The maximum Gasteiger partial charge on any atom is 0.261 e. The van der Waals surface area contributed by atoms with Crippen LogP contribution in [0.15, 0.2) is 36.7 Å². The molecule has 2 aliphatic rings. The van der Waals surface area contributed by atoms with E-state index in [0.29, 0.717) is 34.7 Å². The number of halogens is 3. The Labute approximate surface area is 236 Å². The summed E-state index contributed by atoms with van der Waals surface area (Å²) in [6, 6.07) is 9.27. The molecule has 1 amide bonds. The zero-order chi connectivity index (χ0) is 29.4. The Morgan fingerprint density at radius 3 is 2.66 bits per heavy atom. The molecule has 3 N–H and O–H groups in total. The van der Waals surface area contributed by atoms with Gasteiger partial charge in [0.05, 0.1) is 58.6 Å². The number of carbonyl (C=O) groups excluding carboxylic acids is 1. The molecule has 12 heteroatoms. The molecule has 218 valence electrons. The van der Waals surface area contributed by atoms with Gasteiger partial charge in [-0.05, 0) is 63.8 Å². The molecule has 0 radical (unpaired) electrons. The first kappa shape index (κ1) is 28.8. The summed E-state index contributed by atoms with van der Waals surface area (Å²) in [7, 11) is 0. The van der Waals surface area contributed by atoms with Crippen molar-refractivity contribution >= 4 is 17.1 Å². The van der Waals surface area contributed by atoms with Crippen molar-refractivity contribution in [2.24, 2.45) is 0 Å². The van der Waals surface area contributed by atoms with Crippen LogP contribution in [0.2, 0.25) is 0 Å². The molecule has 5 rings (SSSR count). The molecule has 0 bridgehead atoms. The number of nitriles is 1. The smallest absolute Gasteiger partial charge is 0.261 e. The van der Waals surface area contributed by atoms with Crippen molar-refractivity contribution in [1.29, 1.82) is 5.26 Å². The van der Waals surface area contributed by atoms with Gasteiger partial charge in [-0.1, -0.05) is 0 Å². The zero-order valence-electron chi connectivity index (χ0n) is 23.1. The van der Waals surface area contributed by atoms with Gasteiger partial charge >= 0.3 is 0 Å². The fourth-order valence-electron chi connectivity index (χ4n) is 5.56. The summed E-state index contributed by atoms with van der Waals surface area (Å²) in [5.74, 6) is -3.16. The first-order chi connectivity index (χ1) is 19.4. The van der Waals surface area contributed by atoms with Crippen molar-refractivity contribution in [1.82, 2.24) is 24.8 Å².